The van der Waals surface area contributed by atoms with E-state index in [9.17, 15) is 8.78 Å². The van der Waals surface area contributed by atoms with E-state index in [0.29, 0.717) is 10.0 Å². The van der Waals surface area contributed by atoms with E-state index in [1.54, 1.807) is 12.1 Å². The molecule has 0 amide bonds. The number of nitrogens with one attached hydrogen (secondary N) is 2. The number of anilines is 1. The van der Waals surface area contributed by atoms with Gasteiger partial charge in [-0.15, -0.1) is 0 Å². The third-order valence-electron chi connectivity index (χ3n) is 2.76. The molecule has 2 N–H and O–H groups in total. The van der Waals surface area contributed by atoms with Crippen molar-refractivity contribution in [2.75, 3.05) is 4.72 Å². The Morgan fingerprint density at radius 2 is 2.00 bits per heavy atom. The molecule has 0 aliphatic rings. The van der Waals surface area contributed by atoms with Crippen molar-refractivity contribution in [3.8, 4) is 0 Å². The number of rotatable bonds is 3. The Bertz CT molecular complexity index is 825. The molecule has 3 rings (SSSR count). The van der Waals surface area contributed by atoms with Crippen molar-refractivity contribution in [3.05, 3.63) is 51.5 Å². The minimum atomic E-state index is -0.557. The largest absolute Gasteiger partial charge is 0.322 e. The van der Waals surface area contributed by atoms with Gasteiger partial charge in [-0.3, -0.25) is 5.10 Å². The van der Waals surface area contributed by atoms with Crippen LogP contribution in [0.2, 0.25) is 5.02 Å². The zero-order chi connectivity index (χ0) is 15.0. The van der Waals surface area contributed by atoms with Gasteiger partial charge in [0, 0.05) is 28.4 Å². The van der Waals surface area contributed by atoms with E-state index >= 15 is 0 Å². The highest BCUT2D eigenvalue weighted by Crippen LogP contribution is 2.30. The number of benzene rings is 2. The number of aromatic nitrogens is 2. The standard InChI is InChI=1S/C13H7BrClF2N3S/c14-8-4-10(17)12(5-9(8)16)20-21-13-7-2-1-6(15)3-11(7)18-19-13/h1-5,20H,(H,18,19). The van der Waals surface area contributed by atoms with Gasteiger partial charge >= 0.3 is 0 Å². The summed E-state index contributed by atoms with van der Waals surface area (Å²) in [5.41, 5.74) is 0.820. The molecule has 3 nitrogen and oxygen atoms in total. The Kier molecular flexibility index (Phi) is 4.05. The first-order valence-electron chi connectivity index (χ1n) is 5.75. The molecule has 0 radical (unpaired) electrons. The number of fused-ring (bicyclic) bond motifs is 1. The van der Waals surface area contributed by atoms with Gasteiger partial charge in [0.1, 0.15) is 16.7 Å². The maximum atomic E-state index is 13.7. The van der Waals surface area contributed by atoms with Gasteiger partial charge < -0.3 is 4.72 Å². The Balaban J connectivity index is 1.85. The van der Waals surface area contributed by atoms with Crippen molar-refractivity contribution >= 4 is 56.1 Å². The molecule has 8 heteroatoms. The van der Waals surface area contributed by atoms with Crippen LogP contribution >= 0.6 is 39.5 Å². The number of H-pyrrole nitrogens is 1. The monoisotopic (exact) mass is 389 g/mol. The summed E-state index contributed by atoms with van der Waals surface area (Å²) < 4.78 is 30.0. The summed E-state index contributed by atoms with van der Waals surface area (Å²) in [5.74, 6) is -1.10. The highest BCUT2D eigenvalue weighted by atomic mass is 79.9. The molecule has 0 spiro atoms. The molecular weight excluding hydrogens is 384 g/mol. The number of halogens is 4. The average molecular weight is 391 g/mol. The van der Waals surface area contributed by atoms with Crippen LogP contribution in [0.3, 0.4) is 0 Å². The van der Waals surface area contributed by atoms with Gasteiger partial charge in [0.05, 0.1) is 15.7 Å². The zero-order valence-electron chi connectivity index (χ0n) is 10.3. The van der Waals surface area contributed by atoms with E-state index < -0.39 is 11.6 Å². The Morgan fingerprint density at radius 3 is 2.81 bits per heavy atom. The summed E-state index contributed by atoms with van der Waals surface area (Å²) in [6.07, 6.45) is 0. The third kappa shape index (κ3) is 3.00. The topological polar surface area (TPSA) is 40.7 Å². The summed E-state index contributed by atoms with van der Waals surface area (Å²) in [5, 5.41) is 8.99. The predicted molar refractivity (Wildman–Crippen MR) is 84.6 cm³/mol. The summed E-state index contributed by atoms with van der Waals surface area (Å²) in [6.45, 7) is 0. The molecule has 0 fully saturated rings. The molecule has 0 aliphatic carbocycles. The lowest BCUT2D eigenvalue weighted by molar-refractivity contribution is 0.598. The first-order valence-corrected chi connectivity index (χ1v) is 7.74. The number of hydrogen-bond donors (Lipinski definition) is 2. The third-order valence-corrected chi connectivity index (χ3v) is 4.43. The molecule has 1 heterocycles. The Morgan fingerprint density at radius 1 is 1.19 bits per heavy atom. The lowest BCUT2D eigenvalue weighted by Gasteiger charge is -2.06. The number of aromatic amines is 1. The maximum absolute atomic E-state index is 13.7. The van der Waals surface area contributed by atoms with Crippen molar-refractivity contribution in [1.82, 2.24) is 10.2 Å². The smallest absolute Gasteiger partial charge is 0.148 e. The lowest BCUT2D eigenvalue weighted by Crippen LogP contribution is -1.93. The Hall–Kier alpha value is -1.31. The van der Waals surface area contributed by atoms with Crippen LogP contribution in [0.5, 0.6) is 0 Å². The van der Waals surface area contributed by atoms with Crippen molar-refractivity contribution in [2.45, 2.75) is 5.03 Å². The fraction of sp³-hybridized carbons (Fsp3) is 0. The van der Waals surface area contributed by atoms with E-state index in [2.05, 4.69) is 30.8 Å². The van der Waals surface area contributed by atoms with Gasteiger partial charge in [0.2, 0.25) is 0 Å². The van der Waals surface area contributed by atoms with Crippen LogP contribution in [-0.4, -0.2) is 10.2 Å². The minimum absolute atomic E-state index is 0.0470. The fourth-order valence-electron chi connectivity index (χ4n) is 1.75. The SMILES string of the molecule is Fc1cc(NSc2n[nH]c3cc(Cl)ccc23)c(F)cc1Br. The summed E-state index contributed by atoms with van der Waals surface area (Å²) >= 11 is 9.90. The van der Waals surface area contributed by atoms with Crippen LogP contribution in [0.25, 0.3) is 10.9 Å². The molecule has 0 aliphatic heterocycles. The lowest BCUT2D eigenvalue weighted by atomic mass is 10.3. The molecule has 2 aromatic carbocycles. The fourth-order valence-corrected chi connectivity index (χ4v) is 2.98. The highest BCUT2D eigenvalue weighted by molar-refractivity contribution is 9.10. The summed E-state index contributed by atoms with van der Waals surface area (Å²) in [7, 11) is 0. The molecule has 3 aromatic rings. The van der Waals surface area contributed by atoms with E-state index in [-0.39, 0.29) is 10.2 Å². The van der Waals surface area contributed by atoms with E-state index in [4.69, 9.17) is 11.6 Å². The molecule has 21 heavy (non-hydrogen) atoms. The Labute approximate surface area is 136 Å². The minimum Gasteiger partial charge on any atom is -0.322 e. The van der Waals surface area contributed by atoms with Crippen LogP contribution in [-0.2, 0) is 0 Å². The van der Waals surface area contributed by atoms with E-state index in [1.807, 2.05) is 6.07 Å². The van der Waals surface area contributed by atoms with Crippen molar-refractivity contribution in [3.63, 3.8) is 0 Å². The van der Waals surface area contributed by atoms with Crippen molar-refractivity contribution < 1.29 is 8.78 Å². The average Bonchev–Trinajstić information content (AvgIpc) is 2.83. The number of nitrogens with zero attached hydrogens (tertiary/aromatic N) is 1. The number of hydrogen-bond acceptors (Lipinski definition) is 3. The molecular formula is C13H7BrClF2N3S. The quantitative estimate of drug-likeness (QED) is 0.466. The molecule has 0 unspecified atom stereocenters. The van der Waals surface area contributed by atoms with Crippen LogP contribution in [0.4, 0.5) is 14.5 Å². The molecule has 0 saturated heterocycles. The second-order valence-corrected chi connectivity index (χ2v) is 6.25. The van der Waals surface area contributed by atoms with Gasteiger partial charge in [-0.05, 0) is 40.2 Å². The van der Waals surface area contributed by atoms with E-state index in [1.165, 1.54) is 0 Å². The van der Waals surface area contributed by atoms with Gasteiger partial charge in [-0.25, -0.2) is 8.78 Å². The first kappa shape index (κ1) is 14.6. The van der Waals surface area contributed by atoms with Gasteiger partial charge in [0.25, 0.3) is 0 Å². The maximum Gasteiger partial charge on any atom is 0.148 e. The molecule has 0 saturated carbocycles. The normalized spacial score (nSPS) is 11.0. The molecule has 108 valence electrons. The first-order chi connectivity index (χ1) is 10.0. The van der Waals surface area contributed by atoms with Crippen LogP contribution in [0.15, 0.2) is 39.8 Å². The summed E-state index contributed by atoms with van der Waals surface area (Å²) in [6, 6.07) is 7.44. The van der Waals surface area contributed by atoms with Crippen LogP contribution in [0.1, 0.15) is 0 Å². The van der Waals surface area contributed by atoms with Crippen LogP contribution in [0, 0.1) is 11.6 Å². The van der Waals surface area contributed by atoms with Gasteiger partial charge in [0.15, 0.2) is 0 Å². The second kappa shape index (κ2) is 5.82. The molecule has 0 bridgehead atoms. The van der Waals surface area contributed by atoms with Crippen LogP contribution < -0.4 is 4.72 Å². The van der Waals surface area contributed by atoms with Gasteiger partial charge in [-0.2, -0.15) is 5.10 Å². The summed E-state index contributed by atoms with van der Waals surface area (Å²) in [4.78, 5) is 0. The predicted octanol–water partition coefficient (Wildman–Crippen LogP) is 5.38. The second-order valence-electron chi connectivity index (χ2n) is 4.17. The zero-order valence-corrected chi connectivity index (χ0v) is 13.4. The van der Waals surface area contributed by atoms with Crippen molar-refractivity contribution in [2.24, 2.45) is 0 Å². The molecule has 0 atom stereocenters. The van der Waals surface area contributed by atoms with Crippen molar-refractivity contribution in [1.29, 1.82) is 0 Å². The molecule has 1 aromatic heterocycles. The van der Waals surface area contributed by atoms with Gasteiger partial charge in [-0.1, -0.05) is 11.6 Å². The van der Waals surface area contributed by atoms with E-state index in [0.717, 1.165) is 35.0 Å². The highest BCUT2D eigenvalue weighted by Gasteiger charge is 2.11.